The summed E-state index contributed by atoms with van der Waals surface area (Å²) in [6, 6.07) is 12.1. The van der Waals surface area contributed by atoms with Crippen LogP contribution in [0.3, 0.4) is 0 Å². The van der Waals surface area contributed by atoms with Gasteiger partial charge in [0.15, 0.2) is 11.8 Å². The van der Waals surface area contributed by atoms with Crippen LogP contribution in [-0.2, 0) is 9.59 Å². The van der Waals surface area contributed by atoms with Gasteiger partial charge in [-0.25, -0.2) is 0 Å². The van der Waals surface area contributed by atoms with E-state index in [1.54, 1.807) is 49.4 Å². The van der Waals surface area contributed by atoms with Gasteiger partial charge in [-0.15, -0.1) is 0 Å². The van der Waals surface area contributed by atoms with Gasteiger partial charge >= 0.3 is 0 Å². The van der Waals surface area contributed by atoms with E-state index in [4.69, 9.17) is 20.4 Å². The minimum absolute atomic E-state index is 0.0480. The third-order valence-electron chi connectivity index (χ3n) is 5.76. The summed E-state index contributed by atoms with van der Waals surface area (Å²) in [6.07, 6.45) is 5.26. The molecule has 0 unspecified atom stereocenters. The van der Waals surface area contributed by atoms with Gasteiger partial charge in [-0.2, -0.15) is 0 Å². The van der Waals surface area contributed by atoms with Crippen molar-refractivity contribution in [2.24, 2.45) is 0 Å². The minimum atomic E-state index is -1.07. The minimum Gasteiger partial charge on any atom is -0.464 e. The largest absolute Gasteiger partial charge is 0.464 e. The zero-order chi connectivity index (χ0) is 24.1. The van der Waals surface area contributed by atoms with Gasteiger partial charge in [-0.3, -0.25) is 19.3 Å². The zero-order valence-electron chi connectivity index (χ0n) is 18.8. The van der Waals surface area contributed by atoms with Crippen LogP contribution in [0.15, 0.2) is 63.6 Å². The Kier molecular flexibility index (Phi) is 7.37. The lowest BCUT2D eigenvalue weighted by molar-refractivity contribution is -0.127. The monoisotopic (exact) mass is 483 g/mol. The summed E-state index contributed by atoms with van der Waals surface area (Å²) in [6.45, 7) is 1.42. The van der Waals surface area contributed by atoms with Crippen molar-refractivity contribution < 1.29 is 23.2 Å². The van der Waals surface area contributed by atoms with E-state index in [-0.39, 0.29) is 24.3 Å². The van der Waals surface area contributed by atoms with Crippen molar-refractivity contribution in [3.8, 4) is 0 Å². The number of amides is 3. The summed E-state index contributed by atoms with van der Waals surface area (Å²) in [4.78, 5) is 40.7. The van der Waals surface area contributed by atoms with E-state index in [1.807, 2.05) is 0 Å². The highest BCUT2D eigenvalue weighted by Crippen LogP contribution is 2.31. The smallest absolute Gasteiger partial charge is 0.287 e. The maximum atomic E-state index is 13.5. The molecule has 2 heterocycles. The molecular formula is C25H26ClN3O5. The van der Waals surface area contributed by atoms with Crippen LogP contribution in [0.4, 0.5) is 5.69 Å². The first kappa shape index (κ1) is 23.6. The van der Waals surface area contributed by atoms with Crippen molar-refractivity contribution in [2.75, 3.05) is 11.4 Å². The third-order valence-corrected chi connectivity index (χ3v) is 6.01. The fraction of sp³-hybridized carbons (Fsp3) is 0.320. The number of carbonyl (C=O) groups excluding carboxylic acids is 3. The molecule has 178 valence electrons. The summed E-state index contributed by atoms with van der Waals surface area (Å²) in [7, 11) is 0. The van der Waals surface area contributed by atoms with Crippen molar-refractivity contribution in [2.45, 2.75) is 44.7 Å². The van der Waals surface area contributed by atoms with Crippen molar-refractivity contribution in [3.05, 3.63) is 77.1 Å². The molecule has 3 aromatic rings. The van der Waals surface area contributed by atoms with Crippen molar-refractivity contribution in [3.63, 3.8) is 0 Å². The molecule has 0 spiro atoms. The standard InChI is InChI=1S/C25H26ClN3O5/c1-16-8-13-20(34-16)23(25(32)28-18-5-2-3-6-18)29(19-11-9-17(26)10-12-19)22(30)15-27-24(31)21-7-4-14-33-21/h4,7-14,18,23H,2-3,5-6,15H2,1H3,(H,27,31)(H,28,32)/t23-/m1/s1. The predicted octanol–water partition coefficient (Wildman–Crippen LogP) is 4.40. The Morgan fingerprint density at radius 3 is 2.44 bits per heavy atom. The van der Waals surface area contributed by atoms with Crippen LogP contribution in [0.1, 0.15) is 53.8 Å². The number of rotatable bonds is 8. The highest BCUT2D eigenvalue weighted by Gasteiger charge is 2.36. The molecular weight excluding hydrogens is 458 g/mol. The Morgan fingerprint density at radius 2 is 1.82 bits per heavy atom. The summed E-state index contributed by atoms with van der Waals surface area (Å²) in [5.74, 6) is -0.347. The van der Waals surface area contributed by atoms with Crippen LogP contribution in [0.25, 0.3) is 0 Å². The summed E-state index contributed by atoms with van der Waals surface area (Å²) < 4.78 is 10.9. The van der Waals surface area contributed by atoms with E-state index in [0.717, 1.165) is 25.7 Å². The Labute approximate surface area is 202 Å². The quantitative estimate of drug-likeness (QED) is 0.494. The second-order valence-electron chi connectivity index (χ2n) is 8.24. The molecule has 1 atom stereocenters. The van der Waals surface area contributed by atoms with Crippen molar-refractivity contribution >= 4 is 35.0 Å². The van der Waals surface area contributed by atoms with Gasteiger partial charge in [0.05, 0.1) is 12.8 Å². The number of nitrogens with zero attached hydrogens (tertiary/aromatic N) is 1. The number of hydrogen-bond donors (Lipinski definition) is 2. The molecule has 4 rings (SSSR count). The molecule has 3 amide bonds. The molecule has 0 saturated heterocycles. The lowest BCUT2D eigenvalue weighted by Crippen LogP contribution is -2.49. The summed E-state index contributed by atoms with van der Waals surface area (Å²) in [5.41, 5.74) is 0.447. The molecule has 1 aromatic carbocycles. The molecule has 1 fully saturated rings. The van der Waals surface area contributed by atoms with Crippen LogP contribution in [0, 0.1) is 6.92 Å². The van der Waals surface area contributed by atoms with Gasteiger partial charge in [0, 0.05) is 16.8 Å². The number of hydrogen-bond acceptors (Lipinski definition) is 5. The molecule has 8 nitrogen and oxygen atoms in total. The first-order valence-electron chi connectivity index (χ1n) is 11.2. The first-order valence-corrected chi connectivity index (χ1v) is 11.6. The van der Waals surface area contributed by atoms with E-state index < -0.39 is 17.9 Å². The fourth-order valence-electron chi connectivity index (χ4n) is 4.10. The Balaban J connectivity index is 1.65. The molecule has 1 saturated carbocycles. The van der Waals surface area contributed by atoms with E-state index >= 15 is 0 Å². The number of carbonyl (C=O) groups is 3. The second kappa shape index (κ2) is 10.6. The van der Waals surface area contributed by atoms with E-state index in [1.165, 1.54) is 17.2 Å². The van der Waals surface area contributed by atoms with Crippen molar-refractivity contribution in [1.29, 1.82) is 0 Å². The predicted molar refractivity (Wildman–Crippen MR) is 127 cm³/mol. The molecule has 34 heavy (non-hydrogen) atoms. The molecule has 1 aliphatic rings. The average Bonchev–Trinajstić information content (AvgIpc) is 3.60. The number of halogens is 1. The van der Waals surface area contributed by atoms with Crippen molar-refractivity contribution in [1.82, 2.24) is 10.6 Å². The molecule has 0 aliphatic heterocycles. The average molecular weight is 484 g/mol. The zero-order valence-corrected chi connectivity index (χ0v) is 19.5. The van der Waals surface area contributed by atoms with Gasteiger partial charge in [-0.1, -0.05) is 24.4 Å². The number of aryl methyl sites for hydroxylation is 1. The molecule has 1 aliphatic carbocycles. The summed E-state index contributed by atoms with van der Waals surface area (Å²) in [5, 5.41) is 6.12. The maximum absolute atomic E-state index is 13.5. The van der Waals surface area contributed by atoms with Crippen LogP contribution in [0.5, 0.6) is 0 Å². The van der Waals surface area contributed by atoms with E-state index in [0.29, 0.717) is 22.2 Å². The van der Waals surface area contributed by atoms with Crippen LogP contribution < -0.4 is 15.5 Å². The number of anilines is 1. The fourth-order valence-corrected chi connectivity index (χ4v) is 4.23. The number of nitrogens with one attached hydrogen (secondary N) is 2. The third kappa shape index (κ3) is 5.51. The van der Waals surface area contributed by atoms with Gasteiger partial charge in [0.2, 0.25) is 5.91 Å². The molecule has 2 N–H and O–H groups in total. The Bertz CT molecular complexity index is 1130. The van der Waals surface area contributed by atoms with Crippen LogP contribution in [-0.4, -0.2) is 30.3 Å². The van der Waals surface area contributed by atoms with Gasteiger partial charge in [0.1, 0.15) is 11.5 Å². The number of furan rings is 2. The first-order chi connectivity index (χ1) is 16.4. The number of benzene rings is 1. The maximum Gasteiger partial charge on any atom is 0.287 e. The molecule has 0 bridgehead atoms. The Hall–Kier alpha value is -3.52. The lowest BCUT2D eigenvalue weighted by Gasteiger charge is -2.31. The van der Waals surface area contributed by atoms with E-state index in [9.17, 15) is 14.4 Å². The van der Waals surface area contributed by atoms with Crippen LogP contribution >= 0.6 is 11.6 Å². The highest BCUT2D eigenvalue weighted by molar-refractivity contribution is 6.30. The van der Waals surface area contributed by atoms with Gasteiger partial charge in [-0.05, 0) is 68.3 Å². The molecule has 2 aromatic heterocycles. The lowest BCUT2D eigenvalue weighted by atomic mass is 10.1. The van der Waals surface area contributed by atoms with Gasteiger partial charge < -0.3 is 19.5 Å². The molecule has 0 radical (unpaired) electrons. The highest BCUT2D eigenvalue weighted by atomic mass is 35.5. The molecule has 9 heteroatoms. The normalized spacial score (nSPS) is 14.5. The summed E-state index contributed by atoms with van der Waals surface area (Å²) >= 11 is 6.06. The van der Waals surface area contributed by atoms with Crippen LogP contribution in [0.2, 0.25) is 5.02 Å². The Morgan fingerprint density at radius 1 is 1.09 bits per heavy atom. The van der Waals surface area contributed by atoms with Gasteiger partial charge in [0.25, 0.3) is 11.8 Å². The topological polar surface area (TPSA) is 105 Å². The SMILES string of the molecule is Cc1ccc([C@H](C(=O)NC2CCCC2)N(C(=O)CNC(=O)c2ccco2)c2ccc(Cl)cc2)o1. The van der Waals surface area contributed by atoms with E-state index in [2.05, 4.69) is 10.6 Å². The second-order valence-corrected chi connectivity index (χ2v) is 8.68.